The molecule has 0 saturated carbocycles. The standard InChI is InChI=1S/C15H20N4O4S/c1-2-19-7-3-4-10(9-19)18-24(22,23)11-5-6-12-13(8-11)17-15(21)14(20)16-12/h5-6,8,10,18H,2-4,7,9H2,1H3,(H,16,20)(H,17,21). The first kappa shape index (κ1) is 16.9. The number of piperidine rings is 1. The molecule has 2 heterocycles. The summed E-state index contributed by atoms with van der Waals surface area (Å²) in [7, 11) is -3.70. The van der Waals surface area contributed by atoms with Crippen LogP contribution in [0.3, 0.4) is 0 Å². The predicted molar refractivity (Wildman–Crippen MR) is 90.6 cm³/mol. The Bertz CT molecular complexity index is 963. The summed E-state index contributed by atoms with van der Waals surface area (Å²) >= 11 is 0. The van der Waals surface area contributed by atoms with Gasteiger partial charge in [0.15, 0.2) is 0 Å². The van der Waals surface area contributed by atoms with Gasteiger partial charge in [0.1, 0.15) is 0 Å². The van der Waals surface area contributed by atoms with Gasteiger partial charge in [-0.1, -0.05) is 6.92 Å². The van der Waals surface area contributed by atoms with Crippen LogP contribution in [0.2, 0.25) is 0 Å². The van der Waals surface area contributed by atoms with Crippen LogP contribution in [0.1, 0.15) is 19.8 Å². The van der Waals surface area contributed by atoms with E-state index >= 15 is 0 Å². The topological polar surface area (TPSA) is 115 Å². The molecule has 0 radical (unpaired) electrons. The number of rotatable bonds is 4. The third-order valence-electron chi connectivity index (χ3n) is 4.28. The van der Waals surface area contributed by atoms with E-state index in [4.69, 9.17) is 0 Å². The van der Waals surface area contributed by atoms with Gasteiger partial charge in [-0.2, -0.15) is 0 Å². The molecule has 2 aromatic rings. The Kier molecular flexibility index (Phi) is 4.57. The molecular formula is C15H20N4O4S. The number of benzene rings is 1. The molecule has 1 aromatic heterocycles. The third-order valence-corrected chi connectivity index (χ3v) is 5.80. The van der Waals surface area contributed by atoms with Crippen molar-refractivity contribution in [2.24, 2.45) is 0 Å². The van der Waals surface area contributed by atoms with Crippen LogP contribution >= 0.6 is 0 Å². The maximum atomic E-state index is 12.6. The van der Waals surface area contributed by atoms with Crippen molar-refractivity contribution in [3.05, 3.63) is 38.9 Å². The molecule has 9 heteroatoms. The Hall–Kier alpha value is -1.97. The first-order valence-electron chi connectivity index (χ1n) is 7.90. The van der Waals surface area contributed by atoms with Gasteiger partial charge in [-0.15, -0.1) is 0 Å². The second-order valence-corrected chi connectivity index (χ2v) is 7.68. The van der Waals surface area contributed by atoms with Crippen LogP contribution < -0.4 is 15.8 Å². The van der Waals surface area contributed by atoms with Crippen LogP contribution in [0.25, 0.3) is 11.0 Å². The summed E-state index contributed by atoms with van der Waals surface area (Å²) in [6, 6.07) is 4.11. The lowest BCUT2D eigenvalue weighted by Gasteiger charge is -2.32. The number of aromatic amines is 2. The third kappa shape index (κ3) is 3.42. The lowest BCUT2D eigenvalue weighted by Crippen LogP contribution is -2.47. The number of hydrogen-bond donors (Lipinski definition) is 3. The molecule has 0 amide bonds. The summed E-state index contributed by atoms with van der Waals surface area (Å²) in [6.45, 7) is 4.62. The fourth-order valence-corrected chi connectivity index (χ4v) is 4.27. The Balaban J connectivity index is 1.89. The molecule has 24 heavy (non-hydrogen) atoms. The van der Waals surface area contributed by atoms with Gasteiger partial charge in [-0.05, 0) is 44.1 Å². The van der Waals surface area contributed by atoms with Gasteiger partial charge < -0.3 is 14.9 Å². The average molecular weight is 352 g/mol. The van der Waals surface area contributed by atoms with E-state index in [1.807, 2.05) is 0 Å². The highest BCUT2D eigenvalue weighted by molar-refractivity contribution is 7.89. The van der Waals surface area contributed by atoms with Crippen LogP contribution in [-0.4, -0.2) is 49.0 Å². The van der Waals surface area contributed by atoms with E-state index in [0.717, 1.165) is 25.9 Å². The van der Waals surface area contributed by atoms with Crippen molar-refractivity contribution in [1.29, 1.82) is 0 Å². The minimum Gasteiger partial charge on any atom is -0.316 e. The summed E-state index contributed by atoms with van der Waals surface area (Å²) in [5, 5.41) is 0. The smallest absolute Gasteiger partial charge is 0.314 e. The van der Waals surface area contributed by atoms with Crippen molar-refractivity contribution >= 4 is 21.1 Å². The first-order valence-corrected chi connectivity index (χ1v) is 9.38. The summed E-state index contributed by atoms with van der Waals surface area (Å²) in [4.78, 5) is 29.8. The minimum absolute atomic E-state index is 0.0614. The fraction of sp³-hybridized carbons (Fsp3) is 0.467. The molecule has 3 rings (SSSR count). The fourth-order valence-electron chi connectivity index (χ4n) is 2.99. The Labute approximate surface area is 138 Å². The number of nitrogens with one attached hydrogen (secondary N) is 3. The number of H-pyrrole nitrogens is 2. The van der Waals surface area contributed by atoms with Gasteiger partial charge in [0.2, 0.25) is 10.0 Å². The van der Waals surface area contributed by atoms with Crippen LogP contribution in [0.15, 0.2) is 32.7 Å². The van der Waals surface area contributed by atoms with Crippen molar-refractivity contribution in [1.82, 2.24) is 19.6 Å². The van der Waals surface area contributed by atoms with Crippen molar-refractivity contribution in [3.63, 3.8) is 0 Å². The minimum atomic E-state index is -3.70. The molecular weight excluding hydrogens is 332 g/mol. The zero-order valence-corrected chi connectivity index (χ0v) is 14.1. The number of likely N-dealkylation sites (N-methyl/N-ethyl adjacent to an activating group) is 1. The molecule has 130 valence electrons. The maximum Gasteiger partial charge on any atom is 0.314 e. The summed E-state index contributed by atoms with van der Waals surface area (Å²) in [6.07, 6.45) is 1.75. The number of fused-ring (bicyclic) bond motifs is 1. The highest BCUT2D eigenvalue weighted by Crippen LogP contribution is 2.17. The lowest BCUT2D eigenvalue weighted by molar-refractivity contribution is 0.211. The van der Waals surface area contributed by atoms with Crippen LogP contribution in [0.4, 0.5) is 0 Å². The molecule has 0 spiro atoms. The molecule has 0 aliphatic carbocycles. The molecule has 3 N–H and O–H groups in total. The monoisotopic (exact) mass is 352 g/mol. The maximum absolute atomic E-state index is 12.6. The predicted octanol–water partition coefficient (Wildman–Crippen LogP) is -0.0210. The molecule has 1 aliphatic rings. The highest BCUT2D eigenvalue weighted by atomic mass is 32.2. The zero-order chi connectivity index (χ0) is 17.3. The number of likely N-dealkylation sites (tertiary alicyclic amines) is 1. The summed E-state index contributed by atoms with van der Waals surface area (Å²) < 4.78 is 27.9. The Morgan fingerprint density at radius 1 is 1.21 bits per heavy atom. The first-order chi connectivity index (χ1) is 11.4. The van der Waals surface area contributed by atoms with E-state index in [1.54, 1.807) is 0 Å². The zero-order valence-electron chi connectivity index (χ0n) is 13.3. The normalized spacial score (nSPS) is 19.6. The van der Waals surface area contributed by atoms with Gasteiger partial charge >= 0.3 is 11.1 Å². The second-order valence-electron chi connectivity index (χ2n) is 5.97. The van der Waals surface area contributed by atoms with Crippen LogP contribution in [-0.2, 0) is 10.0 Å². The summed E-state index contributed by atoms with van der Waals surface area (Å²) in [5.41, 5.74) is -0.913. The van der Waals surface area contributed by atoms with E-state index < -0.39 is 21.1 Å². The number of nitrogens with zero attached hydrogens (tertiary/aromatic N) is 1. The Morgan fingerprint density at radius 2 is 1.92 bits per heavy atom. The van der Waals surface area contributed by atoms with Gasteiger partial charge in [0.25, 0.3) is 0 Å². The molecule has 1 aliphatic heterocycles. The number of sulfonamides is 1. The van der Waals surface area contributed by atoms with Crippen LogP contribution in [0, 0.1) is 0 Å². The van der Waals surface area contributed by atoms with E-state index in [1.165, 1.54) is 18.2 Å². The quantitative estimate of drug-likeness (QED) is 0.669. The van der Waals surface area contributed by atoms with Gasteiger partial charge in [0, 0.05) is 12.6 Å². The molecule has 1 aromatic carbocycles. The van der Waals surface area contributed by atoms with Crippen molar-refractivity contribution in [2.75, 3.05) is 19.6 Å². The highest BCUT2D eigenvalue weighted by Gasteiger charge is 2.24. The van der Waals surface area contributed by atoms with Gasteiger partial charge in [-0.25, -0.2) is 13.1 Å². The van der Waals surface area contributed by atoms with Gasteiger partial charge in [0.05, 0.1) is 15.9 Å². The largest absolute Gasteiger partial charge is 0.316 e. The molecule has 1 atom stereocenters. The number of aromatic nitrogens is 2. The SMILES string of the molecule is CCN1CCCC(NS(=O)(=O)c2ccc3[nH]c(=O)c(=O)[nH]c3c2)C1. The molecule has 1 saturated heterocycles. The van der Waals surface area contributed by atoms with Crippen LogP contribution in [0.5, 0.6) is 0 Å². The molecule has 1 fully saturated rings. The van der Waals surface area contributed by atoms with Crippen molar-refractivity contribution in [2.45, 2.75) is 30.7 Å². The lowest BCUT2D eigenvalue weighted by atomic mass is 10.1. The molecule has 1 unspecified atom stereocenters. The average Bonchev–Trinajstić information content (AvgIpc) is 2.55. The van der Waals surface area contributed by atoms with E-state index in [0.29, 0.717) is 12.1 Å². The van der Waals surface area contributed by atoms with Crippen molar-refractivity contribution in [3.8, 4) is 0 Å². The summed E-state index contributed by atoms with van der Waals surface area (Å²) in [5.74, 6) is 0. The van der Waals surface area contributed by atoms with Gasteiger partial charge in [-0.3, -0.25) is 9.59 Å². The van der Waals surface area contributed by atoms with E-state index in [-0.39, 0.29) is 16.5 Å². The number of hydrogen-bond acceptors (Lipinski definition) is 5. The Morgan fingerprint density at radius 3 is 2.62 bits per heavy atom. The van der Waals surface area contributed by atoms with E-state index in [9.17, 15) is 18.0 Å². The second kappa shape index (κ2) is 6.50. The molecule has 8 nitrogen and oxygen atoms in total. The van der Waals surface area contributed by atoms with Crippen molar-refractivity contribution < 1.29 is 8.42 Å². The van der Waals surface area contributed by atoms with E-state index in [2.05, 4.69) is 26.5 Å². The molecule has 0 bridgehead atoms.